The van der Waals surface area contributed by atoms with Gasteiger partial charge in [0.2, 0.25) is 10.0 Å². The minimum absolute atomic E-state index is 0.294. The molecule has 0 radical (unpaired) electrons. The van der Waals surface area contributed by atoms with Gasteiger partial charge in [-0.2, -0.15) is 0 Å². The Labute approximate surface area is 125 Å². The Morgan fingerprint density at radius 2 is 1.86 bits per heavy atom. The number of aryl methyl sites for hydroxylation is 1. The summed E-state index contributed by atoms with van der Waals surface area (Å²) in [5, 5.41) is 3.37. The van der Waals surface area contributed by atoms with Crippen LogP contribution in [0.25, 0.3) is 0 Å². The quantitative estimate of drug-likeness (QED) is 0.912. The zero-order valence-electron chi connectivity index (χ0n) is 11.7. The second-order valence-corrected chi connectivity index (χ2v) is 6.89. The topological polar surface area (TPSA) is 58.2 Å². The number of fused-ring (bicyclic) bond motifs is 1. The van der Waals surface area contributed by atoms with E-state index in [4.69, 9.17) is 0 Å². The van der Waals surface area contributed by atoms with Crippen molar-refractivity contribution in [3.63, 3.8) is 0 Å². The highest BCUT2D eigenvalue weighted by Gasteiger charge is 2.16. The monoisotopic (exact) mass is 302 g/mol. The molecule has 0 unspecified atom stereocenters. The molecule has 2 aromatic rings. The van der Waals surface area contributed by atoms with Crippen LogP contribution in [0.4, 0.5) is 5.69 Å². The fraction of sp³-hybridized carbons (Fsp3) is 0.250. The molecule has 0 spiro atoms. The van der Waals surface area contributed by atoms with E-state index in [-0.39, 0.29) is 0 Å². The van der Waals surface area contributed by atoms with E-state index in [0.717, 1.165) is 30.6 Å². The van der Waals surface area contributed by atoms with E-state index in [1.165, 1.54) is 5.56 Å². The van der Waals surface area contributed by atoms with Crippen LogP contribution in [0.5, 0.6) is 0 Å². The number of para-hydroxylation sites is 1. The second-order valence-electron chi connectivity index (χ2n) is 5.12. The molecule has 0 atom stereocenters. The Morgan fingerprint density at radius 3 is 2.67 bits per heavy atom. The van der Waals surface area contributed by atoms with Gasteiger partial charge in [0.15, 0.2) is 0 Å². The lowest BCUT2D eigenvalue weighted by Gasteiger charge is -2.21. The van der Waals surface area contributed by atoms with Gasteiger partial charge in [-0.3, -0.25) is 0 Å². The van der Waals surface area contributed by atoms with Gasteiger partial charge in [-0.15, -0.1) is 0 Å². The first kappa shape index (κ1) is 14.1. The van der Waals surface area contributed by atoms with E-state index in [0.29, 0.717) is 11.4 Å². The number of hydrogen-bond acceptors (Lipinski definition) is 3. The molecule has 0 bridgehead atoms. The van der Waals surface area contributed by atoms with Crippen LogP contribution in [0, 0.1) is 0 Å². The van der Waals surface area contributed by atoms with Crippen LogP contribution in [0.1, 0.15) is 17.5 Å². The van der Waals surface area contributed by atoms with Crippen LogP contribution in [0.2, 0.25) is 0 Å². The van der Waals surface area contributed by atoms with Crippen LogP contribution in [0.3, 0.4) is 0 Å². The first-order chi connectivity index (χ1) is 10.2. The second kappa shape index (κ2) is 5.87. The Kier molecular flexibility index (Phi) is 3.94. The lowest BCUT2D eigenvalue weighted by atomic mass is 9.99. The third-order valence-corrected chi connectivity index (χ3v) is 5.09. The molecule has 0 fully saturated rings. The van der Waals surface area contributed by atoms with Gasteiger partial charge in [0, 0.05) is 18.8 Å². The third kappa shape index (κ3) is 3.09. The summed E-state index contributed by atoms with van der Waals surface area (Å²) in [6, 6.07) is 14.5. The molecule has 1 aliphatic heterocycles. The molecule has 0 aliphatic carbocycles. The normalized spacial score (nSPS) is 14.3. The Morgan fingerprint density at radius 1 is 1.05 bits per heavy atom. The summed E-state index contributed by atoms with van der Waals surface area (Å²) >= 11 is 0. The van der Waals surface area contributed by atoms with Crippen molar-refractivity contribution in [3.05, 3.63) is 59.7 Å². The summed E-state index contributed by atoms with van der Waals surface area (Å²) in [7, 11) is -3.46. The van der Waals surface area contributed by atoms with Crippen molar-refractivity contribution in [2.75, 3.05) is 11.9 Å². The summed E-state index contributed by atoms with van der Waals surface area (Å²) in [5.41, 5.74) is 3.34. The van der Waals surface area contributed by atoms with Crippen molar-refractivity contribution < 1.29 is 8.42 Å². The molecule has 0 aromatic heterocycles. The average Bonchev–Trinajstić information content (AvgIpc) is 2.54. The molecule has 21 heavy (non-hydrogen) atoms. The standard InChI is InChI=1S/C16H18N2O2S/c19-21(20,15-9-2-1-3-10-15)18-12-14-7-4-6-13-8-5-11-17-16(13)14/h1-4,6-7,9-10,17-18H,5,8,11-12H2. The molecule has 2 aromatic carbocycles. The number of sulfonamides is 1. The molecule has 0 saturated heterocycles. The number of nitrogens with one attached hydrogen (secondary N) is 2. The number of anilines is 1. The van der Waals surface area contributed by atoms with Gasteiger partial charge in [0.1, 0.15) is 0 Å². The Hall–Kier alpha value is -1.85. The van der Waals surface area contributed by atoms with Crippen LogP contribution >= 0.6 is 0 Å². The maximum absolute atomic E-state index is 12.2. The molecular formula is C16H18N2O2S. The highest BCUT2D eigenvalue weighted by atomic mass is 32.2. The minimum Gasteiger partial charge on any atom is -0.385 e. The van der Waals surface area contributed by atoms with Crippen molar-refractivity contribution in [1.82, 2.24) is 4.72 Å². The molecule has 2 N–H and O–H groups in total. The average molecular weight is 302 g/mol. The van der Waals surface area contributed by atoms with E-state index < -0.39 is 10.0 Å². The first-order valence-corrected chi connectivity index (χ1v) is 8.54. The highest BCUT2D eigenvalue weighted by molar-refractivity contribution is 7.89. The largest absolute Gasteiger partial charge is 0.385 e. The summed E-state index contributed by atoms with van der Waals surface area (Å²) < 4.78 is 27.2. The molecule has 1 aliphatic rings. The van der Waals surface area contributed by atoms with Crippen LogP contribution in [-0.4, -0.2) is 15.0 Å². The van der Waals surface area contributed by atoms with Gasteiger partial charge in [-0.05, 0) is 36.1 Å². The number of benzene rings is 2. The van der Waals surface area contributed by atoms with E-state index in [9.17, 15) is 8.42 Å². The van der Waals surface area contributed by atoms with E-state index in [2.05, 4.69) is 16.1 Å². The number of rotatable bonds is 4. The van der Waals surface area contributed by atoms with Gasteiger partial charge in [0.05, 0.1) is 4.90 Å². The SMILES string of the molecule is O=S(=O)(NCc1cccc2c1NCCC2)c1ccccc1. The van der Waals surface area contributed by atoms with Crippen molar-refractivity contribution in [2.24, 2.45) is 0 Å². The summed E-state index contributed by atoms with van der Waals surface area (Å²) in [5.74, 6) is 0. The van der Waals surface area contributed by atoms with Crippen molar-refractivity contribution >= 4 is 15.7 Å². The lowest BCUT2D eigenvalue weighted by molar-refractivity contribution is 0.581. The van der Waals surface area contributed by atoms with Gasteiger partial charge in [-0.1, -0.05) is 36.4 Å². The van der Waals surface area contributed by atoms with E-state index in [1.54, 1.807) is 30.3 Å². The van der Waals surface area contributed by atoms with Gasteiger partial charge < -0.3 is 5.32 Å². The van der Waals surface area contributed by atoms with E-state index >= 15 is 0 Å². The Balaban J connectivity index is 1.80. The number of hydrogen-bond donors (Lipinski definition) is 2. The van der Waals surface area contributed by atoms with Gasteiger partial charge in [-0.25, -0.2) is 13.1 Å². The fourth-order valence-electron chi connectivity index (χ4n) is 2.58. The van der Waals surface area contributed by atoms with Crippen molar-refractivity contribution in [2.45, 2.75) is 24.3 Å². The smallest absolute Gasteiger partial charge is 0.240 e. The molecule has 5 heteroatoms. The van der Waals surface area contributed by atoms with Crippen molar-refractivity contribution in [3.8, 4) is 0 Å². The fourth-order valence-corrected chi connectivity index (χ4v) is 3.61. The summed E-state index contributed by atoms with van der Waals surface area (Å²) in [6.07, 6.45) is 2.16. The molecule has 3 rings (SSSR count). The van der Waals surface area contributed by atoms with E-state index in [1.807, 2.05) is 12.1 Å². The first-order valence-electron chi connectivity index (χ1n) is 7.06. The third-order valence-electron chi connectivity index (χ3n) is 3.67. The predicted octanol–water partition coefficient (Wildman–Crippen LogP) is 2.52. The molecule has 1 heterocycles. The highest BCUT2D eigenvalue weighted by Crippen LogP contribution is 2.26. The van der Waals surface area contributed by atoms with Crippen molar-refractivity contribution in [1.29, 1.82) is 0 Å². The predicted molar refractivity (Wildman–Crippen MR) is 83.7 cm³/mol. The minimum atomic E-state index is -3.46. The maximum Gasteiger partial charge on any atom is 0.240 e. The molecule has 4 nitrogen and oxygen atoms in total. The van der Waals surface area contributed by atoms with Gasteiger partial charge in [0.25, 0.3) is 0 Å². The molecule has 0 amide bonds. The van der Waals surface area contributed by atoms with Crippen LogP contribution in [0.15, 0.2) is 53.4 Å². The summed E-state index contributed by atoms with van der Waals surface area (Å²) in [4.78, 5) is 0.294. The Bertz CT molecular complexity index is 727. The zero-order chi connectivity index (χ0) is 14.7. The molecule has 0 saturated carbocycles. The van der Waals surface area contributed by atoms with Gasteiger partial charge >= 0.3 is 0 Å². The zero-order valence-corrected chi connectivity index (χ0v) is 12.5. The molecule has 110 valence electrons. The van der Waals surface area contributed by atoms with Crippen LogP contribution < -0.4 is 10.0 Å². The molecular weight excluding hydrogens is 284 g/mol. The van der Waals surface area contributed by atoms with Crippen LogP contribution in [-0.2, 0) is 23.0 Å². The maximum atomic E-state index is 12.2. The summed E-state index contributed by atoms with van der Waals surface area (Å²) in [6.45, 7) is 1.24. The lowest BCUT2D eigenvalue weighted by Crippen LogP contribution is -2.24.